The molecule has 1 aromatic heterocycles. The zero-order valence-electron chi connectivity index (χ0n) is 11.7. The van der Waals surface area contributed by atoms with Crippen molar-refractivity contribution in [2.24, 2.45) is 0 Å². The molecule has 0 radical (unpaired) electrons. The number of sulfonamides is 1. The van der Waals surface area contributed by atoms with Gasteiger partial charge < -0.3 is 4.74 Å². The van der Waals surface area contributed by atoms with Crippen molar-refractivity contribution < 1.29 is 21.9 Å². The summed E-state index contributed by atoms with van der Waals surface area (Å²) < 4.78 is 56.7. The highest BCUT2D eigenvalue weighted by Crippen LogP contribution is 2.30. The maximum absolute atomic E-state index is 12.5. The van der Waals surface area contributed by atoms with Crippen molar-refractivity contribution in [3.05, 3.63) is 47.3 Å². The first-order valence-electron chi connectivity index (χ1n) is 6.53. The van der Waals surface area contributed by atoms with E-state index >= 15 is 0 Å². The van der Waals surface area contributed by atoms with Gasteiger partial charge in [-0.05, 0) is 23.9 Å². The first-order chi connectivity index (χ1) is 10.4. The lowest BCUT2D eigenvalue weighted by molar-refractivity contribution is -0.0506. The minimum absolute atomic E-state index is 0.0294. The minimum Gasteiger partial charge on any atom is -0.434 e. The molecule has 0 aliphatic rings. The van der Waals surface area contributed by atoms with Gasteiger partial charge in [0, 0.05) is 5.56 Å². The van der Waals surface area contributed by atoms with Gasteiger partial charge in [-0.1, -0.05) is 31.2 Å². The Morgan fingerprint density at radius 3 is 2.55 bits per heavy atom. The van der Waals surface area contributed by atoms with Crippen LogP contribution in [0.5, 0.6) is 5.75 Å². The molecule has 22 heavy (non-hydrogen) atoms. The summed E-state index contributed by atoms with van der Waals surface area (Å²) in [7, 11) is -3.70. The van der Waals surface area contributed by atoms with Gasteiger partial charge in [0.25, 0.3) is 10.0 Å². The van der Waals surface area contributed by atoms with Gasteiger partial charge in [0.2, 0.25) is 0 Å². The number of benzene rings is 1. The fourth-order valence-electron chi connectivity index (χ4n) is 2.00. The number of alkyl halides is 2. The summed E-state index contributed by atoms with van der Waals surface area (Å²) in [6.45, 7) is -1.20. The van der Waals surface area contributed by atoms with Crippen molar-refractivity contribution in [1.82, 2.24) is 4.72 Å². The van der Waals surface area contributed by atoms with Crippen LogP contribution < -0.4 is 9.46 Å². The average Bonchev–Trinajstić information content (AvgIpc) is 3.00. The lowest BCUT2D eigenvalue weighted by Crippen LogP contribution is -2.28. The van der Waals surface area contributed by atoms with E-state index in [0.717, 1.165) is 11.3 Å². The summed E-state index contributed by atoms with van der Waals surface area (Å²) in [4.78, 5) is 0. The molecule has 4 nitrogen and oxygen atoms in total. The molecule has 1 N–H and O–H groups in total. The van der Waals surface area contributed by atoms with E-state index in [9.17, 15) is 17.2 Å². The fourth-order valence-corrected chi connectivity index (χ4v) is 4.31. The minimum atomic E-state index is -3.70. The van der Waals surface area contributed by atoms with E-state index in [1.165, 1.54) is 12.1 Å². The number of hydrogen-bond donors (Lipinski definition) is 1. The van der Waals surface area contributed by atoms with Crippen LogP contribution in [0.2, 0.25) is 0 Å². The molecule has 0 fully saturated rings. The first-order valence-corrected chi connectivity index (χ1v) is 8.90. The van der Waals surface area contributed by atoms with Crippen molar-refractivity contribution in [3.63, 3.8) is 0 Å². The number of nitrogens with one attached hydrogen (secondary N) is 1. The molecule has 0 unspecified atom stereocenters. The molecule has 2 rings (SSSR count). The molecule has 0 spiro atoms. The molecule has 0 saturated carbocycles. The van der Waals surface area contributed by atoms with Gasteiger partial charge in [-0.15, -0.1) is 11.3 Å². The van der Waals surface area contributed by atoms with Gasteiger partial charge in [0.05, 0.1) is 6.04 Å². The summed E-state index contributed by atoms with van der Waals surface area (Å²) in [6, 6.07) is 8.64. The second kappa shape index (κ2) is 7.17. The molecule has 1 aromatic carbocycles. The first kappa shape index (κ1) is 16.9. The Kier molecular flexibility index (Phi) is 5.49. The van der Waals surface area contributed by atoms with Crippen molar-refractivity contribution in [2.45, 2.75) is 30.2 Å². The third-order valence-electron chi connectivity index (χ3n) is 2.98. The Balaban J connectivity index is 2.30. The van der Waals surface area contributed by atoms with Crippen LogP contribution in [0.25, 0.3) is 0 Å². The number of halogens is 2. The summed E-state index contributed by atoms with van der Waals surface area (Å²) in [5.41, 5.74) is 0.380. The molecule has 2 aromatic rings. The number of ether oxygens (including phenoxy) is 1. The lowest BCUT2D eigenvalue weighted by Gasteiger charge is -2.20. The zero-order chi connectivity index (χ0) is 16.2. The second-order valence-corrected chi connectivity index (χ2v) is 7.32. The van der Waals surface area contributed by atoms with Crippen molar-refractivity contribution in [1.29, 1.82) is 0 Å². The Morgan fingerprint density at radius 2 is 1.95 bits per heavy atom. The smallest absolute Gasteiger partial charge is 0.387 e. The zero-order valence-corrected chi connectivity index (χ0v) is 13.3. The van der Waals surface area contributed by atoms with Crippen LogP contribution >= 0.6 is 11.3 Å². The standard InChI is InChI=1S/C14H15F2NO3S2/c1-2-11(17-22(18,19)13-8-5-9-21-13)10-6-3-4-7-12(10)20-14(15)16/h3-9,11,14,17H,2H2,1H3/t11-/m0/s1. The van der Waals surface area contributed by atoms with Gasteiger partial charge in [-0.2, -0.15) is 8.78 Å². The fraction of sp³-hybridized carbons (Fsp3) is 0.286. The predicted octanol–water partition coefficient (Wildman–Crippen LogP) is 3.78. The molecule has 0 saturated heterocycles. The maximum atomic E-state index is 12.5. The van der Waals surface area contributed by atoms with Gasteiger partial charge in [0.1, 0.15) is 9.96 Å². The Bertz CT molecular complexity index is 703. The molecule has 1 atom stereocenters. The van der Waals surface area contributed by atoms with Crippen LogP contribution in [0.3, 0.4) is 0 Å². The van der Waals surface area contributed by atoms with Crippen LogP contribution in [-0.2, 0) is 10.0 Å². The lowest BCUT2D eigenvalue weighted by atomic mass is 10.0. The van der Waals surface area contributed by atoms with Crippen molar-refractivity contribution >= 4 is 21.4 Å². The summed E-state index contributed by atoms with van der Waals surface area (Å²) in [5, 5.41) is 1.66. The largest absolute Gasteiger partial charge is 0.434 e. The van der Waals surface area contributed by atoms with E-state index in [1.807, 2.05) is 0 Å². The number of hydrogen-bond acceptors (Lipinski definition) is 4. The van der Waals surface area contributed by atoms with Crippen LogP contribution in [0.15, 0.2) is 46.0 Å². The van der Waals surface area contributed by atoms with E-state index in [1.54, 1.807) is 36.6 Å². The van der Waals surface area contributed by atoms with Gasteiger partial charge in [-0.25, -0.2) is 13.1 Å². The highest BCUT2D eigenvalue weighted by molar-refractivity contribution is 7.91. The van der Waals surface area contributed by atoms with Crippen LogP contribution in [0, 0.1) is 0 Å². The van der Waals surface area contributed by atoms with Gasteiger partial charge >= 0.3 is 6.61 Å². The third-order valence-corrected chi connectivity index (χ3v) is 5.85. The Morgan fingerprint density at radius 1 is 1.23 bits per heavy atom. The average molecular weight is 347 g/mol. The topological polar surface area (TPSA) is 55.4 Å². The number of para-hydroxylation sites is 1. The molecule has 0 aliphatic carbocycles. The number of thiophene rings is 1. The maximum Gasteiger partial charge on any atom is 0.387 e. The monoisotopic (exact) mass is 347 g/mol. The molecule has 0 bridgehead atoms. The van der Waals surface area contributed by atoms with Gasteiger partial charge in [0.15, 0.2) is 0 Å². The summed E-state index contributed by atoms with van der Waals surface area (Å²) >= 11 is 1.09. The Hall–Kier alpha value is -1.51. The molecule has 8 heteroatoms. The van der Waals surface area contributed by atoms with E-state index in [4.69, 9.17) is 0 Å². The normalized spacial score (nSPS) is 13.3. The van der Waals surface area contributed by atoms with Crippen LogP contribution in [-0.4, -0.2) is 15.0 Å². The van der Waals surface area contributed by atoms with Crippen molar-refractivity contribution in [3.8, 4) is 5.75 Å². The van der Waals surface area contributed by atoms with Crippen LogP contribution in [0.4, 0.5) is 8.78 Å². The molecular formula is C14H15F2NO3S2. The summed E-state index contributed by atoms with van der Waals surface area (Å²) in [5.74, 6) is -0.0294. The number of rotatable bonds is 7. The summed E-state index contributed by atoms with van der Waals surface area (Å²) in [6.07, 6.45) is 0.397. The quantitative estimate of drug-likeness (QED) is 0.829. The van der Waals surface area contributed by atoms with E-state index in [-0.39, 0.29) is 9.96 Å². The van der Waals surface area contributed by atoms with E-state index < -0.39 is 22.7 Å². The molecule has 1 heterocycles. The van der Waals surface area contributed by atoms with E-state index in [2.05, 4.69) is 9.46 Å². The molecule has 0 amide bonds. The SMILES string of the molecule is CC[C@H](NS(=O)(=O)c1cccs1)c1ccccc1OC(F)F. The molecule has 0 aliphatic heterocycles. The highest BCUT2D eigenvalue weighted by atomic mass is 32.2. The van der Waals surface area contributed by atoms with Crippen molar-refractivity contribution in [2.75, 3.05) is 0 Å². The van der Waals surface area contributed by atoms with E-state index in [0.29, 0.717) is 12.0 Å². The predicted molar refractivity (Wildman–Crippen MR) is 80.7 cm³/mol. The highest BCUT2D eigenvalue weighted by Gasteiger charge is 2.24. The Labute approximate surface area is 131 Å². The molecule has 120 valence electrons. The van der Waals surface area contributed by atoms with Gasteiger partial charge in [-0.3, -0.25) is 0 Å². The molecular weight excluding hydrogens is 332 g/mol. The van der Waals surface area contributed by atoms with Crippen LogP contribution in [0.1, 0.15) is 24.9 Å². The third kappa shape index (κ3) is 4.02. The second-order valence-electron chi connectivity index (χ2n) is 4.43.